The Kier molecular flexibility index (Phi) is 6.40. The van der Waals surface area contributed by atoms with Gasteiger partial charge in [0.15, 0.2) is 5.82 Å². The van der Waals surface area contributed by atoms with Gasteiger partial charge in [-0.15, -0.1) is 0 Å². The Labute approximate surface area is 216 Å². The predicted molar refractivity (Wildman–Crippen MR) is 147 cm³/mol. The molecule has 7 nitrogen and oxygen atoms in total. The number of aryl methyl sites for hydroxylation is 1. The maximum atomic E-state index is 14.7. The highest BCUT2D eigenvalue weighted by Crippen LogP contribution is 2.29. The lowest BCUT2D eigenvalue weighted by Gasteiger charge is -2.30. The third kappa shape index (κ3) is 4.78. The monoisotopic (exact) mass is 502 g/mol. The molecule has 0 spiro atoms. The number of aromatic nitrogens is 4. The van der Waals surface area contributed by atoms with E-state index in [1.165, 1.54) is 25.0 Å². The molecular formula is C29H35FN6O. The number of benzene rings is 1. The van der Waals surface area contributed by atoms with Gasteiger partial charge in [0, 0.05) is 30.0 Å². The van der Waals surface area contributed by atoms with Gasteiger partial charge in [-0.25, -0.2) is 23.7 Å². The Morgan fingerprint density at radius 2 is 1.92 bits per heavy atom. The molecule has 1 atom stereocenters. The summed E-state index contributed by atoms with van der Waals surface area (Å²) >= 11 is 0. The van der Waals surface area contributed by atoms with Gasteiger partial charge < -0.3 is 10.2 Å². The number of nitrogens with zero attached hydrogens (tertiary/aromatic N) is 5. The van der Waals surface area contributed by atoms with Crippen LogP contribution in [0.5, 0.6) is 0 Å². The lowest BCUT2D eigenvalue weighted by Crippen LogP contribution is -2.33. The number of alkyl halides is 1. The van der Waals surface area contributed by atoms with Gasteiger partial charge in [-0.05, 0) is 96.4 Å². The van der Waals surface area contributed by atoms with Gasteiger partial charge >= 0.3 is 0 Å². The second kappa shape index (κ2) is 9.41. The molecule has 37 heavy (non-hydrogen) atoms. The van der Waals surface area contributed by atoms with Gasteiger partial charge in [0.05, 0.1) is 16.6 Å². The Bertz CT molecular complexity index is 1510. The maximum Gasteiger partial charge on any atom is 0.276 e. The van der Waals surface area contributed by atoms with Crippen LogP contribution < -0.4 is 10.9 Å². The molecule has 1 N–H and O–H groups in total. The predicted octanol–water partition coefficient (Wildman–Crippen LogP) is 5.53. The molecule has 0 saturated carbocycles. The van der Waals surface area contributed by atoms with E-state index in [9.17, 15) is 9.18 Å². The average molecular weight is 503 g/mol. The van der Waals surface area contributed by atoms with E-state index in [-0.39, 0.29) is 11.6 Å². The van der Waals surface area contributed by atoms with Crippen LogP contribution in [-0.2, 0) is 18.5 Å². The summed E-state index contributed by atoms with van der Waals surface area (Å²) in [5.41, 5.74) is 2.95. The normalized spacial score (nSPS) is 16.0. The Morgan fingerprint density at radius 1 is 1.14 bits per heavy atom. The van der Waals surface area contributed by atoms with Crippen LogP contribution in [0.4, 0.5) is 15.9 Å². The van der Waals surface area contributed by atoms with E-state index in [1.807, 2.05) is 19.9 Å². The van der Waals surface area contributed by atoms with Crippen molar-refractivity contribution in [2.24, 2.45) is 0 Å². The lowest BCUT2D eigenvalue weighted by molar-refractivity contribution is 0.214. The summed E-state index contributed by atoms with van der Waals surface area (Å²) in [6.07, 6.45) is 4.86. The molecule has 3 aromatic heterocycles. The molecule has 1 unspecified atom stereocenters. The van der Waals surface area contributed by atoms with Gasteiger partial charge in [0.25, 0.3) is 5.56 Å². The van der Waals surface area contributed by atoms with Crippen LogP contribution >= 0.6 is 0 Å². The molecule has 1 aromatic carbocycles. The molecule has 194 valence electrons. The van der Waals surface area contributed by atoms with Gasteiger partial charge in [-0.3, -0.25) is 4.79 Å². The first-order valence-electron chi connectivity index (χ1n) is 12.9. The first kappa shape index (κ1) is 25.1. The summed E-state index contributed by atoms with van der Waals surface area (Å²) in [5.74, 6) is 1.12. The van der Waals surface area contributed by atoms with Crippen LogP contribution in [-0.4, -0.2) is 44.4 Å². The molecule has 5 rings (SSSR count). The van der Waals surface area contributed by atoms with Crippen molar-refractivity contribution in [2.75, 3.05) is 19.4 Å². The second-order valence-electron chi connectivity index (χ2n) is 11.0. The number of halogens is 1. The number of hydrogen-bond acceptors (Lipinski definition) is 5. The number of nitrogens with one attached hydrogen (secondary N) is 1. The fraction of sp³-hybridized carbons (Fsp3) is 0.414. The van der Waals surface area contributed by atoms with Crippen molar-refractivity contribution in [3.63, 3.8) is 0 Å². The summed E-state index contributed by atoms with van der Waals surface area (Å²) in [7, 11) is 4.29. The highest BCUT2D eigenvalue weighted by Gasteiger charge is 2.24. The van der Waals surface area contributed by atoms with E-state index >= 15 is 0 Å². The summed E-state index contributed by atoms with van der Waals surface area (Å²) in [4.78, 5) is 24.8. The second-order valence-corrected chi connectivity index (χ2v) is 11.0. The first-order valence-corrected chi connectivity index (χ1v) is 12.9. The number of anilines is 2. The number of hydrogen-bond donors (Lipinski definition) is 1. The van der Waals surface area contributed by atoms with Crippen LogP contribution in [0.1, 0.15) is 57.0 Å². The third-order valence-electron chi connectivity index (χ3n) is 7.23. The fourth-order valence-corrected chi connectivity index (χ4v) is 5.16. The van der Waals surface area contributed by atoms with Gasteiger partial charge in [-0.1, -0.05) is 12.1 Å². The van der Waals surface area contributed by atoms with E-state index in [2.05, 4.69) is 52.5 Å². The molecular weight excluding hydrogens is 467 g/mol. The summed E-state index contributed by atoms with van der Waals surface area (Å²) in [6, 6.07) is 14.0. The zero-order chi connectivity index (χ0) is 26.5. The number of rotatable bonds is 6. The highest BCUT2D eigenvalue weighted by molar-refractivity contribution is 5.82. The SMILES string of the molecule is CC(C)n1c(=O)c2cnc(Nc3ccc4c(c3)CCC(N(C)C)C4)cc2n1-c1cccc(C(C)(C)F)n1. The van der Waals surface area contributed by atoms with Crippen molar-refractivity contribution in [3.8, 4) is 5.82 Å². The molecule has 3 heterocycles. The Hall–Kier alpha value is -3.52. The number of fused-ring (bicyclic) bond motifs is 2. The summed E-state index contributed by atoms with van der Waals surface area (Å²) < 4.78 is 18.1. The molecule has 4 aromatic rings. The smallest absolute Gasteiger partial charge is 0.276 e. The zero-order valence-corrected chi connectivity index (χ0v) is 22.4. The van der Waals surface area contributed by atoms with Crippen molar-refractivity contribution >= 4 is 22.4 Å². The largest absolute Gasteiger partial charge is 0.340 e. The molecule has 0 radical (unpaired) electrons. The molecule has 1 aliphatic rings. The van der Waals surface area contributed by atoms with Crippen LogP contribution in [0.15, 0.2) is 53.5 Å². The van der Waals surface area contributed by atoms with Crippen molar-refractivity contribution in [1.82, 2.24) is 24.2 Å². The zero-order valence-electron chi connectivity index (χ0n) is 22.4. The van der Waals surface area contributed by atoms with Crippen molar-refractivity contribution in [1.29, 1.82) is 0 Å². The van der Waals surface area contributed by atoms with Gasteiger partial charge in [-0.2, -0.15) is 0 Å². The maximum absolute atomic E-state index is 14.7. The molecule has 1 aliphatic carbocycles. The molecule has 8 heteroatoms. The van der Waals surface area contributed by atoms with E-state index in [4.69, 9.17) is 0 Å². The van der Waals surface area contributed by atoms with Gasteiger partial charge in [0.2, 0.25) is 0 Å². The van der Waals surface area contributed by atoms with E-state index in [0.717, 1.165) is 24.9 Å². The number of pyridine rings is 2. The standard InChI is InChI=1S/C29H35FN6O/c1-18(2)35-28(37)23-17-31-26(16-24(23)36(35)27-9-7-8-25(33-27)29(3,4)30)32-21-12-10-20-15-22(34(5)6)13-11-19(20)14-21/h7-10,12,14,16-18,22H,11,13,15H2,1-6H3,(H,31,32). The Morgan fingerprint density at radius 3 is 2.62 bits per heavy atom. The Balaban J connectivity index is 1.56. The topological polar surface area (TPSA) is 68.0 Å². The molecule has 0 amide bonds. The van der Waals surface area contributed by atoms with Crippen molar-refractivity contribution in [2.45, 2.75) is 64.7 Å². The first-order chi connectivity index (χ1) is 17.5. The highest BCUT2D eigenvalue weighted by atomic mass is 19.1. The fourth-order valence-electron chi connectivity index (χ4n) is 5.16. The molecule has 0 fully saturated rings. The van der Waals surface area contributed by atoms with Crippen LogP contribution in [0.25, 0.3) is 16.7 Å². The number of likely N-dealkylation sites (N-methyl/N-ethyl adjacent to an activating group) is 1. The summed E-state index contributed by atoms with van der Waals surface area (Å²) in [5, 5.41) is 3.92. The minimum absolute atomic E-state index is 0.133. The van der Waals surface area contributed by atoms with Gasteiger partial charge in [0.1, 0.15) is 11.5 Å². The van der Waals surface area contributed by atoms with Crippen LogP contribution in [0, 0.1) is 0 Å². The van der Waals surface area contributed by atoms with Crippen molar-refractivity contribution in [3.05, 3.63) is 75.8 Å². The lowest BCUT2D eigenvalue weighted by atomic mass is 9.87. The third-order valence-corrected chi connectivity index (χ3v) is 7.23. The van der Waals surface area contributed by atoms with Crippen LogP contribution in [0.2, 0.25) is 0 Å². The van der Waals surface area contributed by atoms with E-state index < -0.39 is 5.67 Å². The van der Waals surface area contributed by atoms with Crippen LogP contribution in [0.3, 0.4) is 0 Å². The van der Waals surface area contributed by atoms with E-state index in [0.29, 0.717) is 34.3 Å². The summed E-state index contributed by atoms with van der Waals surface area (Å²) in [6.45, 7) is 6.85. The minimum Gasteiger partial charge on any atom is -0.340 e. The molecule has 0 saturated heterocycles. The minimum atomic E-state index is -1.60. The molecule has 0 bridgehead atoms. The quantitative estimate of drug-likeness (QED) is 0.376. The molecule has 0 aliphatic heterocycles. The van der Waals surface area contributed by atoms with Crippen molar-refractivity contribution < 1.29 is 4.39 Å². The average Bonchev–Trinajstić information content (AvgIpc) is 3.15. The van der Waals surface area contributed by atoms with E-state index in [1.54, 1.807) is 33.8 Å².